The topological polar surface area (TPSA) is 22.0 Å². The third-order valence-corrected chi connectivity index (χ3v) is 4.56. The van der Waals surface area contributed by atoms with Crippen molar-refractivity contribution >= 4 is 21.8 Å². The standard InChI is InChI=1S/C22H19NO/c1-15-8-10-20-18(12-15)22(24)19-13-16(2)9-11-21(19)23(20)14-17-6-4-3-5-7-17/h3-13H,14H2,1-2H3. The molecule has 0 aliphatic carbocycles. The Bertz CT molecular complexity index is 1040. The van der Waals surface area contributed by atoms with E-state index in [9.17, 15) is 4.79 Å². The van der Waals surface area contributed by atoms with Crippen LogP contribution in [-0.2, 0) is 6.54 Å². The lowest BCUT2D eigenvalue weighted by atomic mass is 10.0. The smallest absolute Gasteiger partial charge is 0.197 e. The van der Waals surface area contributed by atoms with E-state index in [-0.39, 0.29) is 5.43 Å². The summed E-state index contributed by atoms with van der Waals surface area (Å²) in [5.41, 5.74) is 5.55. The predicted molar refractivity (Wildman–Crippen MR) is 101 cm³/mol. The molecule has 0 radical (unpaired) electrons. The molecule has 1 heterocycles. The molecule has 0 spiro atoms. The van der Waals surface area contributed by atoms with Crippen molar-refractivity contribution < 1.29 is 0 Å². The van der Waals surface area contributed by atoms with Gasteiger partial charge in [-0.05, 0) is 43.7 Å². The normalized spacial score (nSPS) is 11.2. The molecule has 0 bridgehead atoms. The molecule has 1 aromatic heterocycles. The fraction of sp³-hybridized carbons (Fsp3) is 0.136. The van der Waals surface area contributed by atoms with E-state index in [1.54, 1.807) is 0 Å². The maximum absolute atomic E-state index is 13.0. The Hall–Kier alpha value is -2.87. The Kier molecular flexibility index (Phi) is 3.46. The minimum absolute atomic E-state index is 0.122. The number of benzene rings is 3. The molecule has 3 aromatic carbocycles. The predicted octanol–water partition coefficient (Wildman–Crippen LogP) is 4.82. The molecule has 2 nitrogen and oxygen atoms in total. The first kappa shape index (κ1) is 14.7. The molecule has 0 amide bonds. The van der Waals surface area contributed by atoms with Crippen molar-refractivity contribution in [3.63, 3.8) is 0 Å². The molecule has 0 saturated heterocycles. The van der Waals surface area contributed by atoms with Crippen LogP contribution in [0.3, 0.4) is 0 Å². The van der Waals surface area contributed by atoms with Crippen LogP contribution in [0.2, 0.25) is 0 Å². The van der Waals surface area contributed by atoms with Gasteiger partial charge in [-0.1, -0.05) is 53.6 Å². The lowest BCUT2D eigenvalue weighted by Crippen LogP contribution is -2.12. The molecular weight excluding hydrogens is 294 g/mol. The summed E-state index contributed by atoms with van der Waals surface area (Å²) in [6, 6.07) is 22.7. The number of rotatable bonds is 2. The first-order valence-electron chi connectivity index (χ1n) is 8.21. The molecule has 2 heteroatoms. The third kappa shape index (κ3) is 2.41. The van der Waals surface area contributed by atoms with Crippen LogP contribution in [0.5, 0.6) is 0 Å². The Morgan fingerprint density at radius 1 is 0.750 bits per heavy atom. The highest BCUT2D eigenvalue weighted by Gasteiger charge is 2.11. The summed E-state index contributed by atoms with van der Waals surface area (Å²) in [6.07, 6.45) is 0. The van der Waals surface area contributed by atoms with Crippen molar-refractivity contribution in [3.8, 4) is 0 Å². The molecule has 0 unspecified atom stereocenters. The second-order valence-corrected chi connectivity index (χ2v) is 6.44. The van der Waals surface area contributed by atoms with Gasteiger partial charge in [0.25, 0.3) is 0 Å². The SMILES string of the molecule is Cc1ccc2c(c1)c(=O)c1cc(C)ccc1n2Cc1ccccc1. The quantitative estimate of drug-likeness (QED) is 0.486. The molecule has 0 fully saturated rings. The van der Waals surface area contributed by atoms with Crippen LogP contribution in [0.25, 0.3) is 21.8 Å². The lowest BCUT2D eigenvalue weighted by Gasteiger charge is -2.16. The third-order valence-electron chi connectivity index (χ3n) is 4.56. The number of hydrogen-bond donors (Lipinski definition) is 0. The molecule has 4 aromatic rings. The van der Waals surface area contributed by atoms with Gasteiger partial charge in [0.1, 0.15) is 0 Å². The van der Waals surface area contributed by atoms with Crippen molar-refractivity contribution in [1.82, 2.24) is 4.57 Å². The van der Waals surface area contributed by atoms with Gasteiger partial charge >= 0.3 is 0 Å². The average molecular weight is 313 g/mol. The van der Waals surface area contributed by atoms with Crippen molar-refractivity contribution in [1.29, 1.82) is 0 Å². The van der Waals surface area contributed by atoms with Crippen LogP contribution < -0.4 is 5.43 Å². The van der Waals surface area contributed by atoms with Gasteiger partial charge in [0.2, 0.25) is 0 Å². The molecular formula is C22H19NO. The fourth-order valence-corrected chi connectivity index (χ4v) is 3.35. The van der Waals surface area contributed by atoms with Crippen LogP contribution in [0.15, 0.2) is 71.5 Å². The fourth-order valence-electron chi connectivity index (χ4n) is 3.35. The molecule has 0 aliphatic heterocycles. The van der Waals surface area contributed by atoms with Crippen LogP contribution in [0.4, 0.5) is 0 Å². The minimum Gasteiger partial charge on any atom is -0.336 e. The van der Waals surface area contributed by atoms with Crippen LogP contribution in [0.1, 0.15) is 16.7 Å². The zero-order valence-corrected chi connectivity index (χ0v) is 13.9. The Morgan fingerprint density at radius 2 is 1.29 bits per heavy atom. The van der Waals surface area contributed by atoms with Crippen LogP contribution in [0, 0.1) is 13.8 Å². The number of fused-ring (bicyclic) bond motifs is 2. The van der Waals surface area contributed by atoms with Gasteiger partial charge in [0.15, 0.2) is 5.43 Å². The first-order valence-corrected chi connectivity index (χ1v) is 8.21. The van der Waals surface area contributed by atoms with Gasteiger partial charge in [0, 0.05) is 17.3 Å². The number of aryl methyl sites for hydroxylation is 2. The van der Waals surface area contributed by atoms with Gasteiger partial charge in [0.05, 0.1) is 11.0 Å². The van der Waals surface area contributed by atoms with Crippen LogP contribution in [-0.4, -0.2) is 4.57 Å². The summed E-state index contributed by atoms with van der Waals surface area (Å²) in [5.74, 6) is 0. The summed E-state index contributed by atoms with van der Waals surface area (Å²) in [4.78, 5) is 13.0. The first-order chi connectivity index (χ1) is 11.6. The van der Waals surface area contributed by atoms with Crippen molar-refractivity contribution in [3.05, 3.63) is 93.6 Å². The maximum Gasteiger partial charge on any atom is 0.197 e. The molecule has 0 aliphatic rings. The van der Waals surface area contributed by atoms with Gasteiger partial charge in [-0.25, -0.2) is 0 Å². The van der Waals surface area contributed by atoms with E-state index in [1.165, 1.54) is 5.56 Å². The van der Waals surface area contributed by atoms with Crippen molar-refractivity contribution in [2.75, 3.05) is 0 Å². The molecule has 0 N–H and O–H groups in total. The summed E-state index contributed by atoms with van der Waals surface area (Å²) in [5, 5.41) is 1.59. The highest BCUT2D eigenvalue weighted by molar-refractivity contribution is 5.94. The summed E-state index contributed by atoms with van der Waals surface area (Å²) < 4.78 is 2.25. The molecule has 4 rings (SSSR count). The van der Waals surface area contributed by atoms with Gasteiger partial charge in [-0.15, -0.1) is 0 Å². The van der Waals surface area contributed by atoms with E-state index in [0.717, 1.165) is 39.5 Å². The second kappa shape index (κ2) is 5.64. The largest absolute Gasteiger partial charge is 0.336 e. The zero-order chi connectivity index (χ0) is 16.7. The summed E-state index contributed by atoms with van der Waals surface area (Å²) in [7, 11) is 0. The van der Waals surface area contributed by atoms with Crippen molar-refractivity contribution in [2.24, 2.45) is 0 Å². The molecule has 0 atom stereocenters. The number of hydrogen-bond acceptors (Lipinski definition) is 1. The Balaban J connectivity index is 2.11. The van der Waals surface area contributed by atoms with E-state index in [1.807, 2.05) is 32.0 Å². The van der Waals surface area contributed by atoms with E-state index in [0.29, 0.717) is 0 Å². The molecule has 118 valence electrons. The minimum atomic E-state index is 0.122. The Labute approximate surface area is 141 Å². The van der Waals surface area contributed by atoms with Gasteiger partial charge < -0.3 is 4.57 Å². The van der Waals surface area contributed by atoms with Gasteiger partial charge in [-0.2, -0.15) is 0 Å². The van der Waals surface area contributed by atoms with Crippen LogP contribution >= 0.6 is 0 Å². The van der Waals surface area contributed by atoms with E-state index < -0.39 is 0 Å². The van der Waals surface area contributed by atoms with E-state index in [2.05, 4.69) is 53.1 Å². The average Bonchev–Trinajstić information content (AvgIpc) is 2.59. The Morgan fingerprint density at radius 3 is 1.83 bits per heavy atom. The highest BCUT2D eigenvalue weighted by Crippen LogP contribution is 2.22. The summed E-state index contributed by atoms with van der Waals surface area (Å²) in [6.45, 7) is 4.81. The number of pyridine rings is 1. The number of nitrogens with zero attached hydrogens (tertiary/aromatic N) is 1. The lowest BCUT2D eigenvalue weighted by molar-refractivity contribution is 0.862. The molecule has 24 heavy (non-hydrogen) atoms. The zero-order valence-electron chi connectivity index (χ0n) is 13.9. The van der Waals surface area contributed by atoms with E-state index in [4.69, 9.17) is 0 Å². The van der Waals surface area contributed by atoms with Crippen molar-refractivity contribution in [2.45, 2.75) is 20.4 Å². The molecule has 0 saturated carbocycles. The monoisotopic (exact) mass is 313 g/mol. The summed E-state index contributed by atoms with van der Waals surface area (Å²) >= 11 is 0. The maximum atomic E-state index is 13.0. The second-order valence-electron chi connectivity index (χ2n) is 6.44. The van der Waals surface area contributed by atoms with E-state index >= 15 is 0 Å². The van der Waals surface area contributed by atoms with Gasteiger partial charge in [-0.3, -0.25) is 4.79 Å². The number of aromatic nitrogens is 1. The highest BCUT2D eigenvalue weighted by atomic mass is 16.1.